The maximum absolute atomic E-state index is 14.5. The summed E-state index contributed by atoms with van der Waals surface area (Å²) in [7, 11) is 1.70. The van der Waals surface area contributed by atoms with Crippen LogP contribution in [0.3, 0.4) is 0 Å². The normalized spacial score (nSPS) is 19.9. The van der Waals surface area contributed by atoms with Gasteiger partial charge in [0.15, 0.2) is 0 Å². The topological polar surface area (TPSA) is 106 Å². The minimum Gasteiger partial charge on any atom is -0.391 e. The van der Waals surface area contributed by atoms with Gasteiger partial charge in [0, 0.05) is 55.1 Å². The molecule has 8 nitrogen and oxygen atoms in total. The summed E-state index contributed by atoms with van der Waals surface area (Å²) in [5, 5.41) is 15.4. The highest BCUT2D eigenvalue weighted by Gasteiger charge is 2.49. The monoisotopic (exact) mass is 640 g/mol. The van der Waals surface area contributed by atoms with E-state index in [0.717, 1.165) is 46.9 Å². The molecule has 2 fully saturated rings. The third kappa shape index (κ3) is 6.42. The molecule has 1 saturated heterocycles. The number of β-amino-alcohol motifs (C(OH)–C–C–N with tert-alkyl or cyclic N) is 1. The highest BCUT2D eigenvalue weighted by Crippen LogP contribution is 2.42. The third-order valence-corrected chi connectivity index (χ3v) is 10.1. The van der Waals surface area contributed by atoms with Crippen LogP contribution in [0.5, 0.6) is 0 Å². The molecule has 240 valence electrons. The van der Waals surface area contributed by atoms with Crippen LogP contribution in [0.2, 0.25) is 5.02 Å². The molecule has 1 saturated carbocycles. The lowest BCUT2D eigenvalue weighted by molar-refractivity contribution is -0.145. The Balaban J connectivity index is 1.27. The predicted molar refractivity (Wildman–Crippen MR) is 179 cm³/mol. The van der Waals surface area contributed by atoms with Crippen LogP contribution in [0.25, 0.3) is 10.9 Å². The number of halogens is 1. The van der Waals surface area contributed by atoms with Crippen LogP contribution in [0.15, 0.2) is 85.1 Å². The number of amides is 3. The standard InChI is InChI=1S/C37H41ClN4O4/c1-41(23-25-12-6-8-16-30(25)38)35(45)32(20-26-22-39-31-17-9-7-15-29(26)31)40-34(44)33-21-28(43)24-42(33)36(46)37(18-10-3-11-19-37)27-13-4-2-5-14-27/h2,4-9,12-17,22,28,32-33,39,43H,3,10-11,18-21,23-24H2,1H3,(H,40,44). The Hall–Kier alpha value is -4.14. The molecule has 1 aromatic heterocycles. The number of rotatable bonds is 9. The van der Waals surface area contributed by atoms with E-state index in [2.05, 4.69) is 10.3 Å². The molecule has 3 unspecified atom stereocenters. The molecular formula is C37H41ClN4O4. The van der Waals surface area contributed by atoms with Gasteiger partial charge in [0.1, 0.15) is 12.1 Å². The summed E-state index contributed by atoms with van der Waals surface area (Å²) in [6.45, 7) is 0.351. The van der Waals surface area contributed by atoms with Gasteiger partial charge in [-0.2, -0.15) is 0 Å². The van der Waals surface area contributed by atoms with Gasteiger partial charge in [-0.25, -0.2) is 0 Å². The Kier molecular flexibility index (Phi) is 9.47. The molecule has 1 aliphatic carbocycles. The third-order valence-electron chi connectivity index (χ3n) is 9.74. The Labute approximate surface area is 274 Å². The van der Waals surface area contributed by atoms with E-state index in [1.807, 2.05) is 79.0 Å². The number of aromatic amines is 1. The number of nitrogens with zero attached hydrogens (tertiary/aromatic N) is 2. The summed E-state index contributed by atoms with van der Waals surface area (Å²) in [4.78, 5) is 49.1. The van der Waals surface area contributed by atoms with Gasteiger partial charge >= 0.3 is 0 Å². The first-order chi connectivity index (χ1) is 22.3. The van der Waals surface area contributed by atoms with Gasteiger partial charge in [-0.3, -0.25) is 14.4 Å². The molecule has 3 amide bonds. The minimum absolute atomic E-state index is 0.0823. The summed E-state index contributed by atoms with van der Waals surface area (Å²) in [5.74, 6) is -0.832. The van der Waals surface area contributed by atoms with Crippen molar-refractivity contribution in [2.75, 3.05) is 13.6 Å². The van der Waals surface area contributed by atoms with Crippen LogP contribution >= 0.6 is 11.6 Å². The number of fused-ring (bicyclic) bond motifs is 1. The highest BCUT2D eigenvalue weighted by atomic mass is 35.5. The molecule has 9 heteroatoms. The Morgan fingerprint density at radius 1 is 0.978 bits per heavy atom. The van der Waals surface area contributed by atoms with E-state index in [-0.39, 0.29) is 37.7 Å². The van der Waals surface area contributed by atoms with Gasteiger partial charge < -0.3 is 25.2 Å². The van der Waals surface area contributed by atoms with Crippen LogP contribution in [0, 0.1) is 0 Å². The van der Waals surface area contributed by atoms with Crippen molar-refractivity contribution in [2.24, 2.45) is 0 Å². The van der Waals surface area contributed by atoms with E-state index in [1.165, 1.54) is 0 Å². The van der Waals surface area contributed by atoms with Gasteiger partial charge in [0.2, 0.25) is 17.7 Å². The van der Waals surface area contributed by atoms with Crippen molar-refractivity contribution < 1.29 is 19.5 Å². The number of H-pyrrole nitrogens is 1. The quantitative estimate of drug-likeness (QED) is 0.229. The van der Waals surface area contributed by atoms with Gasteiger partial charge in [0.05, 0.1) is 11.5 Å². The minimum atomic E-state index is -0.911. The summed E-state index contributed by atoms with van der Waals surface area (Å²) >= 11 is 6.41. The van der Waals surface area contributed by atoms with Gasteiger partial charge in [-0.05, 0) is 41.7 Å². The number of para-hydroxylation sites is 1. The van der Waals surface area contributed by atoms with Crippen molar-refractivity contribution in [1.82, 2.24) is 20.1 Å². The number of carbonyl (C=O) groups is 3. The highest BCUT2D eigenvalue weighted by molar-refractivity contribution is 6.31. The summed E-state index contributed by atoms with van der Waals surface area (Å²) in [6.07, 6.45) is 5.71. The second-order valence-electron chi connectivity index (χ2n) is 12.8. The molecule has 2 heterocycles. The first kappa shape index (κ1) is 31.8. The number of nitrogens with one attached hydrogen (secondary N) is 2. The second kappa shape index (κ2) is 13.7. The lowest BCUT2D eigenvalue weighted by Gasteiger charge is -2.40. The fourth-order valence-corrected chi connectivity index (χ4v) is 7.51. The van der Waals surface area contributed by atoms with E-state index in [1.54, 1.807) is 22.9 Å². The number of hydrogen-bond donors (Lipinski definition) is 3. The SMILES string of the molecule is CN(Cc1ccccc1Cl)C(=O)C(Cc1c[nH]c2ccccc12)NC(=O)C1CC(O)CN1C(=O)C1(c2ccccc2)CCCCC1. The van der Waals surface area contributed by atoms with E-state index in [0.29, 0.717) is 17.9 Å². The Morgan fingerprint density at radius 3 is 2.43 bits per heavy atom. The second-order valence-corrected chi connectivity index (χ2v) is 13.2. The van der Waals surface area contributed by atoms with E-state index >= 15 is 0 Å². The zero-order chi connectivity index (χ0) is 32.3. The molecule has 6 rings (SSSR count). The van der Waals surface area contributed by atoms with Crippen molar-refractivity contribution in [3.63, 3.8) is 0 Å². The summed E-state index contributed by atoms with van der Waals surface area (Å²) in [6, 6.07) is 23.2. The molecule has 0 spiro atoms. The van der Waals surface area contributed by atoms with Crippen molar-refractivity contribution in [2.45, 2.75) is 75.1 Å². The van der Waals surface area contributed by atoms with Crippen LogP contribution in [-0.2, 0) is 32.8 Å². The molecule has 3 atom stereocenters. The van der Waals surface area contributed by atoms with E-state index in [4.69, 9.17) is 11.6 Å². The molecule has 1 aliphatic heterocycles. The number of benzene rings is 3. The number of aliphatic hydroxyl groups excluding tert-OH is 1. The maximum atomic E-state index is 14.5. The molecule has 2 aliphatic rings. The van der Waals surface area contributed by atoms with Gasteiger partial charge in [-0.15, -0.1) is 0 Å². The first-order valence-corrected chi connectivity index (χ1v) is 16.5. The van der Waals surface area contributed by atoms with E-state index < -0.39 is 29.5 Å². The number of aliphatic hydroxyl groups is 1. The Morgan fingerprint density at radius 2 is 1.67 bits per heavy atom. The number of likely N-dealkylation sites (N-methyl/N-ethyl adjacent to an activating group) is 1. The maximum Gasteiger partial charge on any atom is 0.245 e. The van der Waals surface area contributed by atoms with Gasteiger partial charge in [-0.1, -0.05) is 97.6 Å². The Bertz CT molecular complexity index is 1700. The largest absolute Gasteiger partial charge is 0.391 e. The predicted octanol–water partition coefficient (Wildman–Crippen LogP) is 5.37. The molecule has 46 heavy (non-hydrogen) atoms. The zero-order valence-electron chi connectivity index (χ0n) is 26.1. The van der Waals surface area contributed by atoms with Crippen molar-refractivity contribution in [3.8, 4) is 0 Å². The number of carbonyl (C=O) groups excluding carboxylic acids is 3. The van der Waals surface area contributed by atoms with Gasteiger partial charge in [0.25, 0.3) is 0 Å². The van der Waals surface area contributed by atoms with Crippen molar-refractivity contribution in [3.05, 3.63) is 107 Å². The average Bonchev–Trinajstić information content (AvgIpc) is 3.68. The summed E-state index contributed by atoms with van der Waals surface area (Å²) < 4.78 is 0. The zero-order valence-corrected chi connectivity index (χ0v) is 26.9. The van der Waals surface area contributed by atoms with E-state index in [9.17, 15) is 19.5 Å². The number of aromatic nitrogens is 1. The fourth-order valence-electron chi connectivity index (χ4n) is 7.31. The summed E-state index contributed by atoms with van der Waals surface area (Å²) in [5.41, 5.74) is 2.84. The number of likely N-dealkylation sites (tertiary alicyclic amines) is 1. The van der Waals surface area contributed by atoms with Crippen molar-refractivity contribution in [1.29, 1.82) is 0 Å². The van der Waals surface area contributed by atoms with Crippen LogP contribution < -0.4 is 5.32 Å². The lowest BCUT2D eigenvalue weighted by atomic mass is 9.68. The number of hydrogen-bond acceptors (Lipinski definition) is 4. The molecule has 3 aromatic carbocycles. The average molecular weight is 641 g/mol. The van der Waals surface area contributed by atoms with Crippen LogP contribution in [0.4, 0.5) is 0 Å². The molecule has 3 N–H and O–H groups in total. The van der Waals surface area contributed by atoms with Crippen LogP contribution in [0.1, 0.15) is 55.2 Å². The van der Waals surface area contributed by atoms with Crippen molar-refractivity contribution >= 4 is 40.2 Å². The molecular weight excluding hydrogens is 600 g/mol. The molecule has 0 radical (unpaired) electrons. The molecule has 0 bridgehead atoms. The fraction of sp³-hybridized carbons (Fsp3) is 0.378. The smallest absolute Gasteiger partial charge is 0.245 e. The lowest BCUT2D eigenvalue weighted by Crippen LogP contribution is -2.56. The molecule has 4 aromatic rings. The first-order valence-electron chi connectivity index (χ1n) is 16.2. The van der Waals surface area contributed by atoms with Crippen LogP contribution in [-0.4, -0.2) is 69.4 Å².